The number of amides is 2. The van der Waals surface area contributed by atoms with Crippen molar-refractivity contribution in [1.82, 2.24) is 24.7 Å². The summed E-state index contributed by atoms with van der Waals surface area (Å²) < 4.78 is 41.3. The van der Waals surface area contributed by atoms with Gasteiger partial charge in [-0.25, -0.2) is 19.7 Å². The third kappa shape index (κ3) is 4.58. The van der Waals surface area contributed by atoms with Gasteiger partial charge in [0.15, 0.2) is 10.9 Å². The monoisotopic (exact) mass is 499 g/mol. The van der Waals surface area contributed by atoms with Crippen molar-refractivity contribution in [3.05, 3.63) is 52.9 Å². The molecule has 0 unspecified atom stereocenters. The zero-order chi connectivity index (χ0) is 24.6. The van der Waals surface area contributed by atoms with Crippen LogP contribution < -0.4 is 15.5 Å². The number of hydrogen-bond donors (Lipinski definition) is 2. The SMILES string of the molecule is N#Cc1ccc(NC(=O)Nc2ncc(CCN3CCn4ncc5ncnc3c54)s2)cc1C(F)(F)F. The smallest absolute Gasteiger partial charge is 0.352 e. The second-order valence-corrected chi connectivity index (χ2v) is 8.73. The van der Waals surface area contributed by atoms with E-state index < -0.39 is 23.3 Å². The predicted molar refractivity (Wildman–Crippen MR) is 122 cm³/mol. The molecule has 35 heavy (non-hydrogen) atoms. The molecule has 1 aromatic carbocycles. The number of alkyl halides is 3. The number of thiazole rings is 1. The van der Waals surface area contributed by atoms with E-state index in [9.17, 15) is 18.0 Å². The molecule has 0 bridgehead atoms. The first-order chi connectivity index (χ1) is 16.8. The van der Waals surface area contributed by atoms with E-state index in [2.05, 4.69) is 35.6 Å². The van der Waals surface area contributed by atoms with E-state index in [1.807, 2.05) is 4.68 Å². The Hall–Kier alpha value is -4.25. The van der Waals surface area contributed by atoms with Gasteiger partial charge in [0.05, 0.1) is 29.9 Å². The average Bonchev–Trinajstić information content (AvgIpc) is 3.46. The number of hydrogen-bond acceptors (Lipinski definition) is 8. The Balaban J connectivity index is 1.20. The molecule has 5 rings (SSSR count). The fourth-order valence-corrected chi connectivity index (χ4v) is 4.58. The van der Waals surface area contributed by atoms with Gasteiger partial charge in [-0.1, -0.05) is 0 Å². The molecule has 10 nitrogen and oxygen atoms in total. The van der Waals surface area contributed by atoms with Crippen molar-refractivity contribution in [3.63, 3.8) is 0 Å². The fraction of sp³-hybridized carbons (Fsp3) is 0.238. The summed E-state index contributed by atoms with van der Waals surface area (Å²) in [5.41, 5.74) is -0.0331. The number of anilines is 3. The number of aromatic nitrogens is 5. The fourth-order valence-electron chi connectivity index (χ4n) is 3.79. The minimum atomic E-state index is -4.71. The number of carbonyl (C=O) groups excluding carboxylic acids is 1. The van der Waals surface area contributed by atoms with Crippen LogP contribution in [0.2, 0.25) is 0 Å². The topological polar surface area (TPSA) is 125 Å². The molecular weight excluding hydrogens is 483 g/mol. The molecule has 3 aromatic heterocycles. The maximum Gasteiger partial charge on any atom is 0.417 e. The largest absolute Gasteiger partial charge is 0.417 e. The number of halogens is 3. The molecule has 2 N–H and O–H groups in total. The number of nitriles is 1. The van der Waals surface area contributed by atoms with Crippen molar-refractivity contribution in [3.8, 4) is 6.07 Å². The van der Waals surface area contributed by atoms with Crippen LogP contribution in [-0.2, 0) is 19.1 Å². The summed E-state index contributed by atoms with van der Waals surface area (Å²) in [5, 5.41) is 18.4. The van der Waals surface area contributed by atoms with Crippen molar-refractivity contribution in [2.24, 2.45) is 0 Å². The third-order valence-electron chi connectivity index (χ3n) is 5.40. The molecule has 1 aliphatic heterocycles. The number of benzene rings is 1. The van der Waals surface area contributed by atoms with Gasteiger partial charge in [-0.15, -0.1) is 11.3 Å². The molecule has 2 amide bonds. The van der Waals surface area contributed by atoms with E-state index in [0.29, 0.717) is 18.1 Å². The van der Waals surface area contributed by atoms with Crippen molar-refractivity contribution in [2.45, 2.75) is 19.1 Å². The van der Waals surface area contributed by atoms with Crippen LogP contribution in [0.4, 0.5) is 34.6 Å². The maximum absolute atomic E-state index is 13.1. The first-order valence-corrected chi connectivity index (χ1v) is 11.2. The zero-order valence-electron chi connectivity index (χ0n) is 17.9. The third-order valence-corrected chi connectivity index (χ3v) is 6.37. The lowest BCUT2D eigenvalue weighted by atomic mass is 10.1. The Bertz CT molecular complexity index is 1460. The van der Waals surface area contributed by atoms with Crippen molar-refractivity contribution in [1.29, 1.82) is 5.26 Å². The molecule has 0 spiro atoms. The van der Waals surface area contributed by atoms with Crippen molar-refractivity contribution >= 4 is 45.0 Å². The van der Waals surface area contributed by atoms with Crippen LogP contribution in [0.1, 0.15) is 16.0 Å². The Morgan fingerprint density at radius 3 is 2.83 bits per heavy atom. The summed E-state index contributed by atoms with van der Waals surface area (Å²) in [7, 11) is 0. The summed E-state index contributed by atoms with van der Waals surface area (Å²) >= 11 is 1.27. The van der Waals surface area contributed by atoms with E-state index in [1.54, 1.807) is 12.4 Å². The van der Waals surface area contributed by atoms with E-state index >= 15 is 0 Å². The van der Waals surface area contributed by atoms with Gasteiger partial charge in [0.25, 0.3) is 0 Å². The van der Waals surface area contributed by atoms with Gasteiger partial charge in [-0.05, 0) is 18.2 Å². The second kappa shape index (κ2) is 8.84. The Morgan fingerprint density at radius 2 is 2.03 bits per heavy atom. The van der Waals surface area contributed by atoms with E-state index in [0.717, 1.165) is 47.0 Å². The number of carbonyl (C=O) groups is 1. The standard InChI is InChI=1S/C21H16F3N9OS/c22-21(23,24)15-7-13(2-1-12(15)8-25)30-19(34)31-20-26-9-14(35-20)3-4-32-5-6-33-17-16(10-29-33)27-11-28-18(17)32/h1-2,7,9-11H,3-6H2,(H2,26,30,31,34). The van der Waals surface area contributed by atoms with Crippen LogP contribution in [0.3, 0.4) is 0 Å². The first-order valence-electron chi connectivity index (χ1n) is 10.4. The average molecular weight is 499 g/mol. The van der Waals surface area contributed by atoms with Gasteiger partial charge in [0, 0.05) is 36.3 Å². The van der Waals surface area contributed by atoms with E-state index in [1.165, 1.54) is 29.8 Å². The molecule has 0 aliphatic carbocycles. The molecule has 0 fully saturated rings. The van der Waals surface area contributed by atoms with Crippen LogP contribution >= 0.6 is 11.3 Å². The van der Waals surface area contributed by atoms with E-state index in [4.69, 9.17) is 5.26 Å². The lowest BCUT2D eigenvalue weighted by Gasteiger charge is -2.28. The lowest BCUT2D eigenvalue weighted by Crippen LogP contribution is -2.34. The molecule has 4 aromatic rings. The lowest BCUT2D eigenvalue weighted by molar-refractivity contribution is -0.137. The highest BCUT2D eigenvalue weighted by molar-refractivity contribution is 7.15. The van der Waals surface area contributed by atoms with Gasteiger partial charge in [0.2, 0.25) is 0 Å². The summed E-state index contributed by atoms with van der Waals surface area (Å²) in [4.78, 5) is 28.2. The predicted octanol–water partition coefficient (Wildman–Crippen LogP) is 3.88. The van der Waals surface area contributed by atoms with Crippen LogP contribution in [0.25, 0.3) is 11.0 Å². The van der Waals surface area contributed by atoms with Crippen LogP contribution in [0, 0.1) is 11.3 Å². The molecule has 14 heteroatoms. The molecule has 178 valence electrons. The quantitative estimate of drug-likeness (QED) is 0.427. The molecule has 0 saturated heterocycles. The summed E-state index contributed by atoms with van der Waals surface area (Å²) in [6.07, 6.45) is 0.826. The minimum absolute atomic E-state index is 0.0916. The van der Waals surface area contributed by atoms with E-state index in [-0.39, 0.29) is 5.69 Å². The second-order valence-electron chi connectivity index (χ2n) is 7.62. The summed E-state index contributed by atoms with van der Waals surface area (Å²) in [6, 6.07) is 3.73. The molecule has 0 atom stereocenters. The summed E-state index contributed by atoms with van der Waals surface area (Å²) in [6.45, 7) is 2.15. The first kappa shape index (κ1) is 22.5. The van der Waals surface area contributed by atoms with Gasteiger partial charge in [-0.3, -0.25) is 10.00 Å². The van der Waals surface area contributed by atoms with Gasteiger partial charge < -0.3 is 10.2 Å². The highest BCUT2D eigenvalue weighted by atomic mass is 32.1. The van der Waals surface area contributed by atoms with Gasteiger partial charge in [0.1, 0.15) is 17.4 Å². The normalized spacial score (nSPS) is 13.0. The van der Waals surface area contributed by atoms with Crippen LogP contribution in [0.5, 0.6) is 0 Å². The van der Waals surface area contributed by atoms with Gasteiger partial charge in [-0.2, -0.15) is 23.5 Å². The van der Waals surface area contributed by atoms with Crippen LogP contribution in [0.15, 0.2) is 36.9 Å². The van der Waals surface area contributed by atoms with Crippen molar-refractivity contribution < 1.29 is 18.0 Å². The Morgan fingerprint density at radius 1 is 1.17 bits per heavy atom. The zero-order valence-corrected chi connectivity index (χ0v) is 18.7. The maximum atomic E-state index is 13.1. The number of nitrogens with one attached hydrogen (secondary N) is 2. The Kier molecular flexibility index (Phi) is 5.69. The molecule has 1 aliphatic rings. The Labute approximate surface area is 200 Å². The summed E-state index contributed by atoms with van der Waals surface area (Å²) in [5.74, 6) is 0.821. The number of urea groups is 1. The highest BCUT2D eigenvalue weighted by Gasteiger charge is 2.34. The molecule has 0 saturated carbocycles. The number of rotatable bonds is 5. The number of nitrogens with zero attached hydrogens (tertiary/aromatic N) is 7. The molecular formula is C21H16F3N9OS. The van der Waals surface area contributed by atoms with Gasteiger partial charge >= 0.3 is 12.2 Å². The molecule has 4 heterocycles. The highest BCUT2D eigenvalue weighted by Crippen LogP contribution is 2.33. The molecule has 0 radical (unpaired) electrons. The van der Waals surface area contributed by atoms with Crippen LogP contribution in [-0.4, -0.2) is 43.9 Å². The minimum Gasteiger partial charge on any atom is -0.352 e. The van der Waals surface area contributed by atoms with Crippen molar-refractivity contribution in [2.75, 3.05) is 28.6 Å².